The third kappa shape index (κ3) is 3.56. The molecule has 2 rings (SSSR count). The zero-order valence-corrected chi connectivity index (χ0v) is 12.4. The van der Waals surface area contributed by atoms with Crippen LogP contribution in [0.3, 0.4) is 0 Å². The Bertz CT molecular complexity index is 409. The average Bonchev–Trinajstić information content (AvgIpc) is 2.70. The van der Waals surface area contributed by atoms with Crippen molar-refractivity contribution in [1.82, 2.24) is 9.97 Å². The van der Waals surface area contributed by atoms with E-state index >= 15 is 0 Å². The normalized spacial score (nSPS) is 17.8. The minimum absolute atomic E-state index is 0.366. The van der Waals surface area contributed by atoms with Crippen molar-refractivity contribution in [1.29, 1.82) is 0 Å². The van der Waals surface area contributed by atoms with Gasteiger partial charge < -0.3 is 15.0 Å². The number of methoxy groups -OCH3 is 1. The number of rotatable bonds is 5. The second-order valence-corrected chi connectivity index (χ2v) is 5.83. The molecule has 0 spiro atoms. The molecule has 1 aliphatic heterocycles. The summed E-state index contributed by atoms with van der Waals surface area (Å²) in [6.45, 7) is 10.1. The second kappa shape index (κ2) is 5.74. The van der Waals surface area contributed by atoms with E-state index in [9.17, 15) is 0 Å². The number of anilines is 2. The third-order valence-corrected chi connectivity index (χ3v) is 3.39. The predicted molar refractivity (Wildman–Crippen MR) is 77.5 cm³/mol. The Labute approximate surface area is 115 Å². The zero-order valence-electron chi connectivity index (χ0n) is 12.4. The first-order chi connectivity index (χ1) is 9.04. The number of aromatic nitrogens is 2. The molecule has 0 atom stereocenters. The van der Waals surface area contributed by atoms with Gasteiger partial charge in [-0.15, -0.1) is 0 Å². The molecule has 5 heteroatoms. The summed E-state index contributed by atoms with van der Waals surface area (Å²) in [5.41, 5.74) is 0.366. The molecule has 1 aliphatic rings. The Kier molecular flexibility index (Phi) is 4.24. The summed E-state index contributed by atoms with van der Waals surface area (Å²) in [6, 6.07) is 2.03. The minimum atomic E-state index is 0.366. The lowest BCUT2D eigenvalue weighted by atomic mass is 9.93. The molecule has 0 bridgehead atoms. The van der Waals surface area contributed by atoms with Crippen LogP contribution in [0.15, 0.2) is 6.07 Å². The molecule has 19 heavy (non-hydrogen) atoms. The van der Waals surface area contributed by atoms with Crippen LogP contribution in [0.25, 0.3) is 0 Å². The minimum Gasteiger partial charge on any atom is -0.377 e. The van der Waals surface area contributed by atoms with Crippen molar-refractivity contribution in [3.63, 3.8) is 0 Å². The smallest absolute Gasteiger partial charge is 0.158 e. The summed E-state index contributed by atoms with van der Waals surface area (Å²) in [7, 11) is 1.67. The van der Waals surface area contributed by atoms with Crippen molar-refractivity contribution < 1.29 is 4.74 Å². The van der Waals surface area contributed by atoms with Crippen LogP contribution in [-0.4, -0.2) is 36.7 Å². The molecule has 5 nitrogen and oxygen atoms in total. The van der Waals surface area contributed by atoms with Gasteiger partial charge >= 0.3 is 0 Å². The third-order valence-electron chi connectivity index (χ3n) is 3.39. The fourth-order valence-electron chi connectivity index (χ4n) is 2.42. The lowest BCUT2D eigenvalue weighted by molar-refractivity contribution is 0.178. The lowest BCUT2D eigenvalue weighted by Crippen LogP contribution is -2.24. The maximum Gasteiger partial charge on any atom is 0.158 e. The first-order valence-electron chi connectivity index (χ1n) is 6.90. The Balaban J connectivity index is 2.23. The highest BCUT2D eigenvalue weighted by atomic mass is 16.5. The topological polar surface area (TPSA) is 50.3 Å². The molecule has 0 aliphatic carbocycles. The summed E-state index contributed by atoms with van der Waals surface area (Å²) in [6.07, 6.45) is 1.20. The van der Waals surface area contributed by atoms with Crippen LogP contribution in [0.5, 0.6) is 0 Å². The van der Waals surface area contributed by atoms with Crippen molar-refractivity contribution in [2.45, 2.75) is 33.8 Å². The maximum atomic E-state index is 5.15. The second-order valence-electron chi connectivity index (χ2n) is 5.83. The van der Waals surface area contributed by atoms with E-state index in [1.165, 1.54) is 6.42 Å². The van der Waals surface area contributed by atoms with Gasteiger partial charge in [-0.2, -0.15) is 0 Å². The van der Waals surface area contributed by atoms with Gasteiger partial charge in [0.1, 0.15) is 18.2 Å². The molecule has 0 unspecified atom stereocenters. The van der Waals surface area contributed by atoms with Crippen molar-refractivity contribution in [2.75, 3.05) is 37.0 Å². The van der Waals surface area contributed by atoms with Gasteiger partial charge in [0, 0.05) is 32.8 Å². The van der Waals surface area contributed by atoms with Gasteiger partial charge in [0.15, 0.2) is 5.82 Å². The van der Waals surface area contributed by atoms with Crippen LogP contribution in [0.4, 0.5) is 11.6 Å². The largest absolute Gasteiger partial charge is 0.377 e. The monoisotopic (exact) mass is 264 g/mol. The number of nitrogens with zero attached hydrogens (tertiary/aromatic N) is 3. The van der Waals surface area contributed by atoms with Crippen molar-refractivity contribution >= 4 is 11.6 Å². The van der Waals surface area contributed by atoms with Gasteiger partial charge in [0.2, 0.25) is 0 Å². The van der Waals surface area contributed by atoms with Crippen molar-refractivity contribution in [2.24, 2.45) is 5.41 Å². The lowest BCUT2D eigenvalue weighted by Gasteiger charge is -2.21. The quantitative estimate of drug-likeness (QED) is 0.884. The van der Waals surface area contributed by atoms with Gasteiger partial charge in [-0.1, -0.05) is 13.8 Å². The Hall–Kier alpha value is -1.36. The highest BCUT2D eigenvalue weighted by Crippen LogP contribution is 2.32. The average molecular weight is 264 g/mol. The van der Waals surface area contributed by atoms with E-state index in [0.29, 0.717) is 12.0 Å². The molecular weight excluding hydrogens is 240 g/mol. The molecule has 1 N–H and O–H groups in total. The van der Waals surface area contributed by atoms with Gasteiger partial charge in [0.25, 0.3) is 0 Å². The van der Waals surface area contributed by atoms with Crippen molar-refractivity contribution in [3.8, 4) is 0 Å². The first kappa shape index (κ1) is 14.1. The molecule has 106 valence electrons. The zero-order chi connectivity index (χ0) is 13.9. The molecule has 0 saturated carbocycles. The first-order valence-corrected chi connectivity index (χ1v) is 6.90. The fourth-order valence-corrected chi connectivity index (χ4v) is 2.42. The van der Waals surface area contributed by atoms with Crippen LogP contribution < -0.4 is 10.2 Å². The molecule has 1 aromatic rings. The van der Waals surface area contributed by atoms with Crippen LogP contribution >= 0.6 is 0 Å². The van der Waals surface area contributed by atoms with Crippen LogP contribution in [-0.2, 0) is 11.3 Å². The maximum absolute atomic E-state index is 5.15. The summed E-state index contributed by atoms with van der Waals surface area (Å²) in [5, 5.41) is 3.26. The van der Waals surface area contributed by atoms with Crippen LogP contribution in [0, 0.1) is 5.41 Å². The molecule has 0 radical (unpaired) electrons. The number of hydrogen-bond donors (Lipinski definition) is 1. The standard InChI is InChI=1S/C14H24N4O/c1-5-15-11-8-13(17-12(16-11)9-19-4)18-7-6-14(2,3)10-18/h8H,5-7,9-10H2,1-4H3,(H,15,16,17). The molecule has 1 fully saturated rings. The van der Waals surface area contributed by atoms with E-state index in [0.717, 1.165) is 37.1 Å². The van der Waals surface area contributed by atoms with E-state index < -0.39 is 0 Å². The Morgan fingerprint density at radius 2 is 2.21 bits per heavy atom. The highest BCUT2D eigenvalue weighted by molar-refractivity contribution is 5.50. The SMILES string of the molecule is CCNc1cc(N2CCC(C)(C)C2)nc(COC)n1. The van der Waals surface area contributed by atoms with Crippen LogP contribution in [0.2, 0.25) is 0 Å². The van der Waals surface area contributed by atoms with Crippen molar-refractivity contribution in [3.05, 3.63) is 11.9 Å². The van der Waals surface area contributed by atoms with E-state index in [4.69, 9.17) is 4.74 Å². The summed E-state index contributed by atoms with van der Waals surface area (Å²) in [5.74, 6) is 2.62. The van der Waals surface area contributed by atoms with Gasteiger partial charge in [-0.25, -0.2) is 9.97 Å². The van der Waals surface area contributed by atoms with Gasteiger partial charge in [0.05, 0.1) is 0 Å². The van der Waals surface area contributed by atoms with E-state index in [-0.39, 0.29) is 0 Å². The van der Waals surface area contributed by atoms with Gasteiger partial charge in [-0.05, 0) is 18.8 Å². The molecule has 1 aromatic heterocycles. The van der Waals surface area contributed by atoms with E-state index in [1.807, 2.05) is 6.07 Å². The molecule has 1 saturated heterocycles. The predicted octanol–water partition coefficient (Wildman–Crippen LogP) is 2.29. The van der Waals surface area contributed by atoms with E-state index in [1.54, 1.807) is 7.11 Å². The van der Waals surface area contributed by atoms with E-state index in [2.05, 4.69) is 41.0 Å². The summed E-state index contributed by atoms with van der Waals surface area (Å²) in [4.78, 5) is 11.4. The Morgan fingerprint density at radius 1 is 1.42 bits per heavy atom. The Morgan fingerprint density at radius 3 is 2.79 bits per heavy atom. The van der Waals surface area contributed by atoms with Gasteiger partial charge in [-0.3, -0.25) is 0 Å². The summed E-state index contributed by atoms with van der Waals surface area (Å²) >= 11 is 0. The molecular formula is C14H24N4O. The molecule has 0 aromatic carbocycles. The van der Waals surface area contributed by atoms with Crippen LogP contribution in [0.1, 0.15) is 33.0 Å². The fraction of sp³-hybridized carbons (Fsp3) is 0.714. The molecule has 0 amide bonds. The number of nitrogens with one attached hydrogen (secondary N) is 1. The molecule has 2 heterocycles. The number of ether oxygens (including phenoxy) is 1. The number of hydrogen-bond acceptors (Lipinski definition) is 5. The summed E-state index contributed by atoms with van der Waals surface area (Å²) < 4.78 is 5.15. The highest BCUT2D eigenvalue weighted by Gasteiger charge is 2.30.